The van der Waals surface area contributed by atoms with Crippen LogP contribution in [-0.4, -0.2) is 34.6 Å². The number of nitro groups is 1. The number of benzene rings is 2. The first-order valence-corrected chi connectivity index (χ1v) is 10.1. The number of rotatable bonds is 7. The number of anilines is 2. The van der Waals surface area contributed by atoms with Crippen LogP contribution >= 0.6 is 23.1 Å². The van der Waals surface area contributed by atoms with Crippen molar-refractivity contribution in [1.82, 2.24) is 4.98 Å². The van der Waals surface area contributed by atoms with Crippen LogP contribution in [0.4, 0.5) is 17.1 Å². The van der Waals surface area contributed by atoms with Crippen LogP contribution in [0.15, 0.2) is 40.7 Å². The number of ether oxygens (including phenoxy) is 1. The van der Waals surface area contributed by atoms with Gasteiger partial charge in [-0.25, -0.2) is 4.98 Å². The van der Waals surface area contributed by atoms with Gasteiger partial charge in [0.15, 0.2) is 4.34 Å². The zero-order valence-corrected chi connectivity index (χ0v) is 17.1. The molecule has 0 radical (unpaired) electrons. The highest BCUT2D eigenvalue weighted by molar-refractivity contribution is 8.01. The lowest BCUT2D eigenvalue weighted by molar-refractivity contribution is -0.384. The van der Waals surface area contributed by atoms with Crippen LogP contribution in [0.3, 0.4) is 0 Å². The maximum absolute atomic E-state index is 12.2. The van der Waals surface area contributed by atoms with Crippen molar-refractivity contribution >= 4 is 62.2 Å². The Morgan fingerprint density at radius 3 is 2.72 bits per heavy atom. The minimum absolute atomic E-state index is 0.0432. The van der Waals surface area contributed by atoms with Gasteiger partial charge in [0.25, 0.3) is 5.69 Å². The molecule has 0 spiro atoms. The molecule has 150 valence electrons. The number of carbonyl (C=O) groups is 2. The van der Waals surface area contributed by atoms with Crippen molar-refractivity contribution < 1.29 is 19.2 Å². The molecule has 3 rings (SSSR count). The normalized spacial score (nSPS) is 10.6. The van der Waals surface area contributed by atoms with E-state index in [1.807, 2.05) is 6.07 Å². The van der Waals surface area contributed by atoms with Gasteiger partial charge in [-0.15, -0.1) is 11.3 Å². The fourth-order valence-corrected chi connectivity index (χ4v) is 4.36. The molecule has 29 heavy (non-hydrogen) atoms. The van der Waals surface area contributed by atoms with Crippen LogP contribution in [-0.2, 0) is 9.59 Å². The molecule has 0 unspecified atom stereocenters. The van der Waals surface area contributed by atoms with E-state index in [9.17, 15) is 19.7 Å². The van der Waals surface area contributed by atoms with Gasteiger partial charge in [-0.1, -0.05) is 11.8 Å². The smallest absolute Gasteiger partial charge is 0.296 e. The Morgan fingerprint density at radius 2 is 2.03 bits per heavy atom. The molecule has 1 aromatic heterocycles. The number of nitro benzene ring substituents is 1. The van der Waals surface area contributed by atoms with Crippen molar-refractivity contribution in [2.75, 3.05) is 23.5 Å². The zero-order chi connectivity index (χ0) is 21.0. The molecule has 0 fully saturated rings. The molecular formula is C18H16N4O5S2. The van der Waals surface area contributed by atoms with Crippen LogP contribution in [0.1, 0.15) is 6.92 Å². The number of methoxy groups -OCH3 is 1. The average Bonchev–Trinajstić information content (AvgIpc) is 3.08. The summed E-state index contributed by atoms with van der Waals surface area (Å²) in [6.45, 7) is 1.43. The Labute approximate surface area is 173 Å². The number of amides is 2. The Hall–Kier alpha value is -3.18. The summed E-state index contributed by atoms with van der Waals surface area (Å²) in [6, 6.07) is 9.59. The second kappa shape index (κ2) is 8.88. The van der Waals surface area contributed by atoms with E-state index in [0.29, 0.717) is 15.8 Å². The number of nitrogens with zero attached hydrogens (tertiary/aromatic N) is 2. The lowest BCUT2D eigenvalue weighted by atomic mass is 10.2. The predicted molar refractivity (Wildman–Crippen MR) is 113 cm³/mol. The monoisotopic (exact) mass is 432 g/mol. The first-order valence-electron chi connectivity index (χ1n) is 8.29. The maximum Gasteiger partial charge on any atom is 0.296 e. The van der Waals surface area contributed by atoms with Crippen LogP contribution < -0.4 is 15.4 Å². The number of hydrogen-bond acceptors (Lipinski definition) is 8. The van der Waals surface area contributed by atoms with Gasteiger partial charge in [0.05, 0.1) is 34.1 Å². The van der Waals surface area contributed by atoms with Crippen molar-refractivity contribution in [2.24, 2.45) is 0 Å². The molecule has 3 aromatic rings. The first kappa shape index (κ1) is 20.6. The molecule has 9 nitrogen and oxygen atoms in total. The van der Waals surface area contributed by atoms with E-state index in [0.717, 1.165) is 10.2 Å². The molecule has 2 amide bonds. The van der Waals surface area contributed by atoms with Crippen LogP contribution in [0.2, 0.25) is 0 Å². The van der Waals surface area contributed by atoms with Crippen molar-refractivity contribution in [3.05, 3.63) is 46.5 Å². The van der Waals surface area contributed by atoms with Gasteiger partial charge in [-0.3, -0.25) is 19.7 Å². The number of aromatic nitrogens is 1. The quantitative estimate of drug-likeness (QED) is 0.330. The first-order chi connectivity index (χ1) is 13.9. The van der Waals surface area contributed by atoms with Gasteiger partial charge in [-0.05, 0) is 30.3 Å². The van der Waals surface area contributed by atoms with E-state index in [1.165, 1.54) is 55.3 Å². The number of nitrogens with one attached hydrogen (secondary N) is 2. The summed E-state index contributed by atoms with van der Waals surface area (Å²) >= 11 is 2.62. The van der Waals surface area contributed by atoms with Crippen molar-refractivity contribution in [3.8, 4) is 5.75 Å². The standard InChI is InChI=1S/C18H16N4O5S2/c1-10(23)19-11-3-5-14-16(7-11)29-18(21-14)28-9-17(24)20-13-6-4-12(27-2)8-15(13)22(25)26/h3-8H,9H2,1-2H3,(H,19,23)(H,20,24). The summed E-state index contributed by atoms with van der Waals surface area (Å²) < 4.78 is 6.54. The van der Waals surface area contributed by atoms with E-state index in [-0.39, 0.29) is 28.9 Å². The lowest BCUT2D eigenvalue weighted by Crippen LogP contribution is -2.15. The third-order valence-corrected chi connectivity index (χ3v) is 5.85. The molecule has 0 saturated heterocycles. The lowest BCUT2D eigenvalue weighted by Gasteiger charge is -2.07. The summed E-state index contributed by atoms with van der Waals surface area (Å²) in [7, 11) is 1.41. The highest BCUT2D eigenvalue weighted by Gasteiger charge is 2.17. The van der Waals surface area contributed by atoms with E-state index < -0.39 is 4.92 Å². The summed E-state index contributed by atoms with van der Waals surface area (Å²) in [5.74, 6) is -0.173. The molecule has 11 heteroatoms. The van der Waals surface area contributed by atoms with Gasteiger partial charge in [0, 0.05) is 12.6 Å². The summed E-state index contributed by atoms with van der Waals surface area (Å²) in [6.07, 6.45) is 0. The second-order valence-corrected chi connectivity index (χ2v) is 8.07. The molecule has 0 saturated carbocycles. The molecule has 0 aliphatic rings. The third-order valence-electron chi connectivity index (χ3n) is 3.69. The molecule has 0 atom stereocenters. The zero-order valence-electron chi connectivity index (χ0n) is 15.4. The van der Waals surface area contributed by atoms with E-state index in [4.69, 9.17) is 4.74 Å². The Bertz CT molecular complexity index is 1100. The van der Waals surface area contributed by atoms with Gasteiger partial charge in [-0.2, -0.15) is 0 Å². The van der Waals surface area contributed by atoms with Crippen molar-refractivity contribution in [1.29, 1.82) is 0 Å². The molecular weight excluding hydrogens is 416 g/mol. The molecule has 0 aliphatic carbocycles. The van der Waals surface area contributed by atoms with Crippen LogP contribution in [0.25, 0.3) is 10.2 Å². The van der Waals surface area contributed by atoms with Gasteiger partial charge in [0.2, 0.25) is 11.8 Å². The average molecular weight is 432 g/mol. The number of carbonyl (C=O) groups excluding carboxylic acids is 2. The number of thiazole rings is 1. The Kier molecular flexibility index (Phi) is 6.29. The second-order valence-electron chi connectivity index (χ2n) is 5.82. The number of fused-ring (bicyclic) bond motifs is 1. The van der Waals surface area contributed by atoms with Crippen molar-refractivity contribution in [2.45, 2.75) is 11.3 Å². The maximum atomic E-state index is 12.2. The highest BCUT2D eigenvalue weighted by atomic mass is 32.2. The highest BCUT2D eigenvalue weighted by Crippen LogP contribution is 2.32. The minimum atomic E-state index is -0.578. The van der Waals surface area contributed by atoms with E-state index in [2.05, 4.69) is 15.6 Å². The number of hydrogen-bond donors (Lipinski definition) is 2. The largest absolute Gasteiger partial charge is 0.496 e. The molecule has 0 bridgehead atoms. The van der Waals surface area contributed by atoms with Gasteiger partial charge < -0.3 is 15.4 Å². The topological polar surface area (TPSA) is 123 Å². The van der Waals surface area contributed by atoms with E-state index in [1.54, 1.807) is 12.1 Å². The summed E-state index contributed by atoms with van der Waals surface area (Å²) in [5, 5.41) is 16.5. The van der Waals surface area contributed by atoms with Crippen LogP contribution in [0, 0.1) is 10.1 Å². The van der Waals surface area contributed by atoms with Gasteiger partial charge in [0.1, 0.15) is 11.4 Å². The van der Waals surface area contributed by atoms with Crippen LogP contribution in [0.5, 0.6) is 5.75 Å². The molecule has 2 aromatic carbocycles. The van der Waals surface area contributed by atoms with Gasteiger partial charge >= 0.3 is 0 Å². The predicted octanol–water partition coefficient (Wildman–Crippen LogP) is 3.90. The fourth-order valence-electron chi connectivity index (χ4n) is 2.45. The third kappa shape index (κ3) is 5.21. The number of thioether (sulfide) groups is 1. The molecule has 0 aliphatic heterocycles. The SMILES string of the molecule is COc1ccc(NC(=O)CSc2nc3ccc(NC(C)=O)cc3s2)c([N+](=O)[O-])c1. The summed E-state index contributed by atoms with van der Waals surface area (Å²) in [5.41, 5.74) is 1.30. The Morgan fingerprint density at radius 1 is 1.24 bits per heavy atom. The molecule has 2 N–H and O–H groups in total. The fraction of sp³-hybridized carbons (Fsp3) is 0.167. The molecule has 1 heterocycles. The summed E-state index contributed by atoms with van der Waals surface area (Å²) in [4.78, 5) is 38.5. The Balaban J connectivity index is 1.66. The van der Waals surface area contributed by atoms with Crippen molar-refractivity contribution in [3.63, 3.8) is 0 Å². The van der Waals surface area contributed by atoms with E-state index >= 15 is 0 Å². The minimum Gasteiger partial charge on any atom is -0.496 e.